The Labute approximate surface area is 168 Å². The molecule has 2 aliphatic rings. The molecular weight excluding hydrogens is 354 g/mol. The number of carbonyl (C=O) groups is 1. The molecule has 0 spiro atoms. The summed E-state index contributed by atoms with van der Waals surface area (Å²) < 4.78 is 11.2. The lowest BCUT2D eigenvalue weighted by Crippen LogP contribution is -2.48. The van der Waals surface area contributed by atoms with Crippen molar-refractivity contribution in [1.82, 2.24) is 10.2 Å². The van der Waals surface area contributed by atoms with Crippen LogP contribution in [0.25, 0.3) is 0 Å². The molecule has 1 aromatic rings. The van der Waals surface area contributed by atoms with Crippen molar-refractivity contribution in [2.75, 3.05) is 39.4 Å². The first-order valence-corrected chi connectivity index (χ1v) is 10.6. The molecule has 3 rings (SSSR count). The van der Waals surface area contributed by atoms with E-state index in [4.69, 9.17) is 14.5 Å². The molecule has 3 atom stereocenters. The van der Waals surface area contributed by atoms with Crippen molar-refractivity contribution in [3.63, 3.8) is 0 Å². The number of piperidine rings is 1. The zero-order valence-corrected chi connectivity index (χ0v) is 17.1. The molecule has 1 aromatic carbocycles. The SMILES string of the molecule is CCNC(=NCC1CCOC1c1ccccc1)N1CCCC(C(=O)OCC)C1. The smallest absolute Gasteiger partial charge is 0.310 e. The summed E-state index contributed by atoms with van der Waals surface area (Å²) in [5.41, 5.74) is 1.23. The van der Waals surface area contributed by atoms with E-state index in [0.717, 1.165) is 51.5 Å². The van der Waals surface area contributed by atoms with Gasteiger partial charge in [-0.05, 0) is 38.7 Å². The first-order valence-electron chi connectivity index (χ1n) is 10.6. The maximum Gasteiger partial charge on any atom is 0.310 e. The van der Waals surface area contributed by atoms with Gasteiger partial charge in [0.1, 0.15) is 0 Å². The molecule has 0 amide bonds. The Kier molecular flexibility index (Phi) is 7.71. The monoisotopic (exact) mass is 387 g/mol. The molecule has 0 saturated carbocycles. The molecule has 2 aliphatic heterocycles. The van der Waals surface area contributed by atoms with Gasteiger partial charge in [-0.2, -0.15) is 0 Å². The second-order valence-corrected chi connectivity index (χ2v) is 7.48. The number of nitrogens with zero attached hydrogens (tertiary/aromatic N) is 2. The van der Waals surface area contributed by atoms with Crippen molar-refractivity contribution in [1.29, 1.82) is 0 Å². The summed E-state index contributed by atoms with van der Waals surface area (Å²) in [5.74, 6) is 1.12. The Morgan fingerprint density at radius 1 is 1.29 bits per heavy atom. The van der Waals surface area contributed by atoms with Crippen molar-refractivity contribution in [3.8, 4) is 0 Å². The number of guanidine groups is 1. The molecule has 154 valence electrons. The van der Waals surface area contributed by atoms with E-state index in [2.05, 4.69) is 41.4 Å². The highest BCUT2D eigenvalue weighted by molar-refractivity contribution is 5.81. The van der Waals surface area contributed by atoms with E-state index in [1.807, 2.05) is 13.0 Å². The number of rotatable bonds is 6. The van der Waals surface area contributed by atoms with Crippen molar-refractivity contribution < 1.29 is 14.3 Å². The van der Waals surface area contributed by atoms with Gasteiger partial charge in [0, 0.05) is 38.7 Å². The van der Waals surface area contributed by atoms with E-state index in [1.54, 1.807) is 0 Å². The van der Waals surface area contributed by atoms with Crippen LogP contribution in [0, 0.1) is 11.8 Å². The van der Waals surface area contributed by atoms with E-state index in [1.165, 1.54) is 5.56 Å². The zero-order chi connectivity index (χ0) is 19.8. The van der Waals surface area contributed by atoms with Gasteiger partial charge in [-0.3, -0.25) is 9.79 Å². The first kappa shape index (κ1) is 20.6. The molecule has 0 bridgehead atoms. The summed E-state index contributed by atoms with van der Waals surface area (Å²) in [7, 11) is 0. The Balaban J connectivity index is 1.66. The Morgan fingerprint density at radius 2 is 2.11 bits per heavy atom. The number of hydrogen-bond acceptors (Lipinski definition) is 4. The third-order valence-electron chi connectivity index (χ3n) is 5.49. The molecular formula is C22H33N3O3. The molecule has 28 heavy (non-hydrogen) atoms. The van der Waals surface area contributed by atoms with Crippen LogP contribution < -0.4 is 5.32 Å². The molecule has 2 heterocycles. The van der Waals surface area contributed by atoms with Crippen LogP contribution in [0.3, 0.4) is 0 Å². The third kappa shape index (κ3) is 5.25. The molecule has 2 fully saturated rings. The predicted octanol–water partition coefficient (Wildman–Crippen LogP) is 3.00. The topological polar surface area (TPSA) is 63.2 Å². The largest absolute Gasteiger partial charge is 0.466 e. The maximum atomic E-state index is 12.2. The van der Waals surface area contributed by atoms with Gasteiger partial charge in [0.25, 0.3) is 0 Å². The Morgan fingerprint density at radius 3 is 2.86 bits per heavy atom. The van der Waals surface area contributed by atoms with Crippen molar-refractivity contribution in [2.45, 2.75) is 39.2 Å². The predicted molar refractivity (Wildman–Crippen MR) is 110 cm³/mol. The second-order valence-electron chi connectivity index (χ2n) is 7.48. The standard InChI is InChI=1S/C22H33N3O3/c1-3-23-22(25-13-8-11-19(16-25)21(26)27-4-2)24-15-18-12-14-28-20(18)17-9-6-5-7-10-17/h5-7,9-10,18-20H,3-4,8,11-16H2,1-2H3,(H,23,24). The van der Waals surface area contributed by atoms with E-state index >= 15 is 0 Å². The number of esters is 1. The zero-order valence-electron chi connectivity index (χ0n) is 17.1. The lowest BCUT2D eigenvalue weighted by Gasteiger charge is -2.34. The molecule has 2 saturated heterocycles. The van der Waals surface area contributed by atoms with Gasteiger partial charge >= 0.3 is 5.97 Å². The second kappa shape index (κ2) is 10.5. The van der Waals surface area contributed by atoms with Gasteiger partial charge in [0.05, 0.1) is 18.6 Å². The van der Waals surface area contributed by atoms with Gasteiger partial charge < -0.3 is 19.7 Å². The molecule has 6 nitrogen and oxygen atoms in total. The highest BCUT2D eigenvalue weighted by Crippen LogP contribution is 2.34. The van der Waals surface area contributed by atoms with Crippen LogP contribution in [0.5, 0.6) is 0 Å². The minimum atomic E-state index is -0.0867. The van der Waals surface area contributed by atoms with Crippen molar-refractivity contribution >= 4 is 11.9 Å². The van der Waals surface area contributed by atoms with Crippen LogP contribution in [0.1, 0.15) is 44.8 Å². The lowest BCUT2D eigenvalue weighted by atomic mass is 9.95. The maximum absolute atomic E-state index is 12.2. The quantitative estimate of drug-likeness (QED) is 0.462. The average molecular weight is 388 g/mol. The van der Waals surface area contributed by atoms with E-state index in [-0.39, 0.29) is 18.0 Å². The summed E-state index contributed by atoms with van der Waals surface area (Å²) in [5, 5.41) is 3.41. The number of aliphatic imine (C=N–C) groups is 1. The van der Waals surface area contributed by atoms with Crippen molar-refractivity contribution in [3.05, 3.63) is 35.9 Å². The van der Waals surface area contributed by atoms with Gasteiger partial charge in [0.2, 0.25) is 0 Å². The van der Waals surface area contributed by atoms with Crippen LogP contribution >= 0.6 is 0 Å². The number of nitrogens with one attached hydrogen (secondary N) is 1. The Bertz CT molecular complexity index is 650. The number of ether oxygens (including phenoxy) is 2. The fourth-order valence-electron chi connectivity index (χ4n) is 4.08. The highest BCUT2D eigenvalue weighted by Gasteiger charge is 2.31. The van der Waals surface area contributed by atoms with Crippen LogP contribution in [-0.2, 0) is 14.3 Å². The first-order chi connectivity index (χ1) is 13.7. The minimum absolute atomic E-state index is 0.0653. The molecule has 1 N–H and O–H groups in total. The minimum Gasteiger partial charge on any atom is -0.466 e. The number of likely N-dealkylation sites (tertiary alicyclic amines) is 1. The van der Waals surface area contributed by atoms with E-state index in [0.29, 0.717) is 19.1 Å². The van der Waals surface area contributed by atoms with Crippen LogP contribution in [0.2, 0.25) is 0 Å². The van der Waals surface area contributed by atoms with Gasteiger partial charge in [0.15, 0.2) is 5.96 Å². The fourth-order valence-corrected chi connectivity index (χ4v) is 4.08. The lowest BCUT2D eigenvalue weighted by molar-refractivity contribution is -0.149. The van der Waals surface area contributed by atoms with E-state index in [9.17, 15) is 4.79 Å². The average Bonchev–Trinajstić information content (AvgIpc) is 3.20. The molecule has 0 aliphatic carbocycles. The van der Waals surface area contributed by atoms with E-state index < -0.39 is 0 Å². The number of hydrogen-bond donors (Lipinski definition) is 1. The molecule has 6 heteroatoms. The number of carbonyl (C=O) groups excluding carboxylic acids is 1. The van der Waals surface area contributed by atoms with Gasteiger partial charge in [-0.1, -0.05) is 30.3 Å². The third-order valence-corrected chi connectivity index (χ3v) is 5.49. The normalized spacial score (nSPS) is 25.6. The summed E-state index contributed by atoms with van der Waals surface area (Å²) >= 11 is 0. The van der Waals surface area contributed by atoms with Crippen LogP contribution in [0.4, 0.5) is 0 Å². The summed E-state index contributed by atoms with van der Waals surface area (Å²) in [6, 6.07) is 10.4. The molecule has 0 radical (unpaired) electrons. The molecule has 0 aromatic heterocycles. The summed E-state index contributed by atoms with van der Waals surface area (Å²) in [6.07, 6.45) is 3.00. The van der Waals surface area contributed by atoms with Crippen molar-refractivity contribution in [2.24, 2.45) is 16.8 Å². The summed E-state index contributed by atoms with van der Waals surface area (Å²) in [4.78, 5) is 19.3. The molecule has 3 unspecified atom stereocenters. The number of benzene rings is 1. The summed E-state index contributed by atoms with van der Waals surface area (Å²) in [6.45, 7) is 8.28. The van der Waals surface area contributed by atoms with Gasteiger partial charge in [-0.15, -0.1) is 0 Å². The van der Waals surface area contributed by atoms with Gasteiger partial charge in [-0.25, -0.2) is 0 Å². The Hall–Kier alpha value is -2.08. The van der Waals surface area contributed by atoms with Crippen LogP contribution in [-0.4, -0.2) is 56.2 Å². The fraction of sp³-hybridized carbons (Fsp3) is 0.636. The van der Waals surface area contributed by atoms with Crippen LogP contribution in [0.15, 0.2) is 35.3 Å². The highest BCUT2D eigenvalue weighted by atomic mass is 16.5.